The molecule has 0 fully saturated rings. The van der Waals surface area contributed by atoms with E-state index in [-0.39, 0.29) is 0 Å². The molecule has 0 bridgehead atoms. The van der Waals surface area contributed by atoms with Crippen LogP contribution in [0.15, 0.2) is 23.1 Å². The molecule has 0 aromatic heterocycles. The predicted molar refractivity (Wildman–Crippen MR) is 59.7 cm³/mol. The SMILES string of the molecule is Cc1cc(CC(C)O)ccc1S(C)(=O)=O. The van der Waals surface area contributed by atoms with Crippen molar-refractivity contribution in [2.75, 3.05) is 6.26 Å². The zero-order valence-corrected chi connectivity index (χ0v) is 10.0. The van der Waals surface area contributed by atoms with Crippen molar-refractivity contribution in [3.8, 4) is 0 Å². The molecule has 0 saturated heterocycles. The Kier molecular flexibility index (Phi) is 3.52. The number of aliphatic hydroxyl groups is 1. The lowest BCUT2D eigenvalue weighted by Gasteiger charge is -2.08. The molecule has 0 spiro atoms. The van der Waals surface area contributed by atoms with Crippen molar-refractivity contribution >= 4 is 9.84 Å². The number of aryl methyl sites for hydroxylation is 1. The zero-order valence-electron chi connectivity index (χ0n) is 9.19. The Balaban J connectivity index is 3.09. The van der Waals surface area contributed by atoms with E-state index in [1.807, 2.05) is 6.07 Å². The molecule has 0 amide bonds. The third-order valence-electron chi connectivity index (χ3n) is 2.17. The maximum Gasteiger partial charge on any atom is 0.175 e. The van der Waals surface area contributed by atoms with Crippen molar-refractivity contribution in [3.05, 3.63) is 29.3 Å². The second-order valence-electron chi connectivity index (χ2n) is 3.93. The van der Waals surface area contributed by atoms with Gasteiger partial charge < -0.3 is 5.11 Å². The molecular formula is C11H16O3S. The van der Waals surface area contributed by atoms with Crippen LogP contribution in [-0.4, -0.2) is 25.9 Å². The molecule has 0 aliphatic heterocycles. The van der Waals surface area contributed by atoms with Gasteiger partial charge in [-0.25, -0.2) is 8.42 Å². The first-order valence-electron chi connectivity index (χ1n) is 4.78. The second-order valence-corrected chi connectivity index (χ2v) is 5.91. The number of hydrogen-bond acceptors (Lipinski definition) is 3. The third-order valence-corrected chi connectivity index (χ3v) is 3.43. The maximum atomic E-state index is 11.3. The standard InChI is InChI=1S/C11H16O3S/c1-8-6-10(7-9(2)12)4-5-11(8)15(3,13)14/h4-6,9,12H,7H2,1-3H3. The molecule has 0 aliphatic carbocycles. The van der Waals surface area contributed by atoms with Gasteiger partial charge in [-0.2, -0.15) is 0 Å². The monoisotopic (exact) mass is 228 g/mol. The predicted octanol–water partition coefficient (Wildman–Crippen LogP) is 1.32. The van der Waals surface area contributed by atoms with Gasteiger partial charge >= 0.3 is 0 Å². The first kappa shape index (κ1) is 12.2. The molecule has 84 valence electrons. The Morgan fingerprint density at radius 2 is 2.00 bits per heavy atom. The van der Waals surface area contributed by atoms with Crippen LogP contribution >= 0.6 is 0 Å². The van der Waals surface area contributed by atoms with E-state index in [9.17, 15) is 13.5 Å². The van der Waals surface area contributed by atoms with Crippen LogP contribution < -0.4 is 0 Å². The van der Waals surface area contributed by atoms with Crippen LogP contribution in [0.3, 0.4) is 0 Å². The Morgan fingerprint density at radius 3 is 2.40 bits per heavy atom. The van der Waals surface area contributed by atoms with Crippen molar-refractivity contribution in [1.82, 2.24) is 0 Å². The smallest absolute Gasteiger partial charge is 0.175 e. The summed E-state index contributed by atoms with van der Waals surface area (Å²) >= 11 is 0. The minimum atomic E-state index is -3.14. The second kappa shape index (κ2) is 4.33. The normalized spacial score (nSPS) is 13.9. The van der Waals surface area contributed by atoms with E-state index in [1.165, 1.54) is 6.26 Å². The molecule has 15 heavy (non-hydrogen) atoms. The number of sulfone groups is 1. The molecule has 0 saturated carbocycles. The fraction of sp³-hybridized carbons (Fsp3) is 0.455. The average molecular weight is 228 g/mol. The summed E-state index contributed by atoms with van der Waals surface area (Å²) in [7, 11) is -3.14. The lowest BCUT2D eigenvalue weighted by Crippen LogP contribution is -2.06. The van der Waals surface area contributed by atoms with Gasteiger partial charge in [-0.1, -0.05) is 12.1 Å². The summed E-state index contributed by atoms with van der Waals surface area (Å²) in [5, 5.41) is 9.21. The van der Waals surface area contributed by atoms with Crippen LogP contribution in [0.4, 0.5) is 0 Å². The highest BCUT2D eigenvalue weighted by molar-refractivity contribution is 7.90. The first-order chi connectivity index (χ1) is 6.80. The molecule has 1 aromatic rings. The van der Waals surface area contributed by atoms with Gasteiger partial charge in [0.15, 0.2) is 9.84 Å². The number of aliphatic hydroxyl groups excluding tert-OH is 1. The van der Waals surface area contributed by atoms with Crippen molar-refractivity contribution in [2.45, 2.75) is 31.3 Å². The highest BCUT2D eigenvalue weighted by atomic mass is 32.2. The molecule has 1 unspecified atom stereocenters. The van der Waals surface area contributed by atoms with E-state index in [1.54, 1.807) is 26.0 Å². The minimum absolute atomic E-state index is 0.358. The molecule has 1 atom stereocenters. The van der Waals surface area contributed by atoms with E-state index in [0.29, 0.717) is 11.3 Å². The van der Waals surface area contributed by atoms with E-state index in [0.717, 1.165) is 11.1 Å². The van der Waals surface area contributed by atoms with Gasteiger partial charge in [-0.15, -0.1) is 0 Å². The summed E-state index contributed by atoms with van der Waals surface area (Å²) in [6, 6.07) is 5.15. The van der Waals surface area contributed by atoms with Crippen LogP contribution in [0.5, 0.6) is 0 Å². The van der Waals surface area contributed by atoms with Crippen LogP contribution in [0.1, 0.15) is 18.1 Å². The van der Waals surface area contributed by atoms with Gasteiger partial charge in [0.2, 0.25) is 0 Å². The topological polar surface area (TPSA) is 54.4 Å². The van der Waals surface area contributed by atoms with Crippen LogP contribution in [-0.2, 0) is 16.3 Å². The van der Waals surface area contributed by atoms with Crippen molar-refractivity contribution < 1.29 is 13.5 Å². The van der Waals surface area contributed by atoms with Gasteiger partial charge in [0.05, 0.1) is 11.0 Å². The van der Waals surface area contributed by atoms with Crippen LogP contribution in [0.2, 0.25) is 0 Å². The summed E-state index contributed by atoms with van der Waals surface area (Å²) in [4.78, 5) is 0.358. The summed E-state index contributed by atoms with van der Waals surface area (Å²) in [6.45, 7) is 3.47. The zero-order chi connectivity index (χ0) is 11.6. The molecule has 0 aliphatic rings. The molecule has 1 aromatic carbocycles. The lowest BCUT2D eigenvalue weighted by atomic mass is 10.1. The van der Waals surface area contributed by atoms with Gasteiger partial charge in [0.25, 0.3) is 0 Å². The molecule has 0 heterocycles. The molecule has 1 N–H and O–H groups in total. The maximum absolute atomic E-state index is 11.3. The quantitative estimate of drug-likeness (QED) is 0.849. The van der Waals surface area contributed by atoms with Crippen molar-refractivity contribution in [2.24, 2.45) is 0 Å². The Labute approximate surface area is 90.7 Å². The minimum Gasteiger partial charge on any atom is -0.393 e. The summed E-state index contributed by atoms with van der Waals surface area (Å²) in [5.74, 6) is 0. The van der Waals surface area contributed by atoms with Gasteiger partial charge in [-0.3, -0.25) is 0 Å². The number of benzene rings is 1. The summed E-state index contributed by atoms with van der Waals surface area (Å²) < 4.78 is 22.7. The lowest BCUT2D eigenvalue weighted by molar-refractivity contribution is 0.195. The van der Waals surface area contributed by atoms with E-state index in [4.69, 9.17) is 0 Å². The number of rotatable bonds is 3. The third kappa shape index (κ3) is 3.32. The largest absolute Gasteiger partial charge is 0.393 e. The number of hydrogen-bond donors (Lipinski definition) is 1. The highest BCUT2D eigenvalue weighted by Crippen LogP contribution is 2.17. The Bertz CT molecular complexity index is 447. The van der Waals surface area contributed by atoms with Crippen molar-refractivity contribution in [1.29, 1.82) is 0 Å². The molecule has 0 radical (unpaired) electrons. The molecule has 3 nitrogen and oxygen atoms in total. The molecule has 1 rings (SSSR count). The Morgan fingerprint density at radius 1 is 1.40 bits per heavy atom. The van der Waals surface area contributed by atoms with Crippen molar-refractivity contribution in [3.63, 3.8) is 0 Å². The van der Waals surface area contributed by atoms with Gasteiger partial charge in [0.1, 0.15) is 0 Å². The average Bonchev–Trinajstić information content (AvgIpc) is 1.99. The highest BCUT2D eigenvalue weighted by Gasteiger charge is 2.11. The van der Waals surface area contributed by atoms with E-state index in [2.05, 4.69) is 0 Å². The fourth-order valence-corrected chi connectivity index (χ4v) is 2.55. The summed E-state index contributed by atoms with van der Waals surface area (Å²) in [5.41, 5.74) is 1.69. The van der Waals surface area contributed by atoms with Gasteiger partial charge in [0, 0.05) is 6.26 Å². The summed E-state index contributed by atoms with van der Waals surface area (Å²) in [6.07, 6.45) is 1.34. The van der Waals surface area contributed by atoms with Crippen LogP contribution in [0, 0.1) is 6.92 Å². The molecule has 4 heteroatoms. The van der Waals surface area contributed by atoms with Gasteiger partial charge in [-0.05, 0) is 37.5 Å². The molecular weight excluding hydrogens is 212 g/mol. The first-order valence-corrected chi connectivity index (χ1v) is 6.67. The fourth-order valence-electron chi connectivity index (χ4n) is 1.60. The van der Waals surface area contributed by atoms with E-state index >= 15 is 0 Å². The van der Waals surface area contributed by atoms with Crippen LogP contribution in [0.25, 0.3) is 0 Å². The Hall–Kier alpha value is -0.870. The van der Waals surface area contributed by atoms with E-state index < -0.39 is 15.9 Å².